The number of morpholine rings is 1. The van der Waals surface area contributed by atoms with Crippen molar-refractivity contribution in [3.63, 3.8) is 0 Å². The summed E-state index contributed by atoms with van der Waals surface area (Å²) in [6.45, 7) is 11.4. The van der Waals surface area contributed by atoms with Crippen molar-refractivity contribution < 1.29 is 9.53 Å². The zero-order valence-corrected chi connectivity index (χ0v) is 15.1. The first-order chi connectivity index (χ1) is 10.9. The van der Waals surface area contributed by atoms with Crippen molar-refractivity contribution in [2.75, 3.05) is 39.4 Å². The zero-order valence-electron chi connectivity index (χ0n) is 15.1. The summed E-state index contributed by atoms with van der Waals surface area (Å²) >= 11 is 0. The first kappa shape index (κ1) is 18.3. The molecule has 2 saturated heterocycles. The van der Waals surface area contributed by atoms with Crippen molar-refractivity contribution >= 4 is 5.91 Å². The second kappa shape index (κ2) is 7.68. The Balaban J connectivity index is 2.08. The van der Waals surface area contributed by atoms with Crippen LogP contribution in [-0.2, 0) is 9.53 Å². The molecule has 0 spiro atoms. The number of hydrogen-bond acceptors (Lipinski definition) is 3. The van der Waals surface area contributed by atoms with Gasteiger partial charge in [0.1, 0.15) is 5.41 Å². The molecular formula is C19H32N2O2. The van der Waals surface area contributed by atoms with E-state index in [2.05, 4.69) is 24.7 Å². The maximum absolute atomic E-state index is 13.1. The molecule has 2 aliphatic heterocycles. The summed E-state index contributed by atoms with van der Waals surface area (Å²) in [5, 5.41) is 0. The molecule has 0 saturated carbocycles. The summed E-state index contributed by atoms with van der Waals surface area (Å²) in [4.78, 5) is 17.5. The van der Waals surface area contributed by atoms with Crippen LogP contribution < -0.4 is 0 Å². The maximum atomic E-state index is 13.1. The zero-order chi connectivity index (χ0) is 16.9. The van der Waals surface area contributed by atoms with Crippen molar-refractivity contribution in [2.24, 2.45) is 5.41 Å². The van der Waals surface area contributed by atoms with Crippen LogP contribution in [0.15, 0.2) is 0 Å². The topological polar surface area (TPSA) is 32.8 Å². The lowest BCUT2D eigenvalue weighted by atomic mass is 9.77. The van der Waals surface area contributed by atoms with Crippen LogP contribution in [0.3, 0.4) is 0 Å². The van der Waals surface area contributed by atoms with E-state index < -0.39 is 5.41 Å². The molecular weight excluding hydrogens is 288 g/mol. The molecule has 2 rings (SSSR count). The molecule has 0 radical (unpaired) electrons. The fourth-order valence-electron chi connectivity index (χ4n) is 3.96. The van der Waals surface area contributed by atoms with E-state index in [0.717, 1.165) is 52.2 Å². The van der Waals surface area contributed by atoms with Crippen molar-refractivity contribution in [3.05, 3.63) is 0 Å². The van der Waals surface area contributed by atoms with Gasteiger partial charge in [-0.2, -0.15) is 0 Å². The lowest BCUT2D eigenvalue weighted by molar-refractivity contribution is -0.140. The van der Waals surface area contributed by atoms with E-state index in [1.54, 1.807) is 0 Å². The van der Waals surface area contributed by atoms with E-state index in [0.29, 0.717) is 6.42 Å². The van der Waals surface area contributed by atoms with Crippen LogP contribution >= 0.6 is 0 Å². The van der Waals surface area contributed by atoms with E-state index in [1.807, 2.05) is 11.8 Å². The van der Waals surface area contributed by atoms with Crippen molar-refractivity contribution in [3.8, 4) is 12.3 Å². The SMILES string of the molecule is C#CC(C)(CC(C)(C)N1CCOCC1)C(=O)N1CCCCCC1. The van der Waals surface area contributed by atoms with Crippen LogP contribution in [0.25, 0.3) is 0 Å². The van der Waals surface area contributed by atoms with Crippen LogP contribution in [0.4, 0.5) is 0 Å². The average molecular weight is 320 g/mol. The quantitative estimate of drug-likeness (QED) is 0.746. The van der Waals surface area contributed by atoms with Gasteiger partial charge in [0, 0.05) is 31.7 Å². The number of likely N-dealkylation sites (tertiary alicyclic amines) is 1. The third-order valence-electron chi connectivity index (χ3n) is 5.34. The highest BCUT2D eigenvalue weighted by Gasteiger charge is 2.42. The number of nitrogens with zero attached hydrogens (tertiary/aromatic N) is 2. The Bertz CT molecular complexity index is 441. The Morgan fingerprint density at radius 1 is 1.04 bits per heavy atom. The summed E-state index contributed by atoms with van der Waals surface area (Å²) in [5.41, 5.74) is -0.835. The molecule has 1 unspecified atom stereocenters. The summed E-state index contributed by atoms with van der Waals surface area (Å²) in [7, 11) is 0. The van der Waals surface area contributed by atoms with E-state index in [-0.39, 0.29) is 11.4 Å². The second-order valence-corrected chi connectivity index (χ2v) is 7.77. The minimum absolute atomic E-state index is 0.105. The molecule has 2 fully saturated rings. The fourth-order valence-corrected chi connectivity index (χ4v) is 3.96. The number of carbonyl (C=O) groups excluding carboxylic acids is 1. The van der Waals surface area contributed by atoms with E-state index in [9.17, 15) is 4.79 Å². The highest BCUT2D eigenvalue weighted by molar-refractivity contribution is 5.85. The van der Waals surface area contributed by atoms with Crippen LogP contribution in [0.5, 0.6) is 0 Å². The van der Waals surface area contributed by atoms with E-state index >= 15 is 0 Å². The van der Waals surface area contributed by atoms with Crippen LogP contribution in [0, 0.1) is 17.8 Å². The van der Waals surface area contributed by atoms with Gasteiger partial charge in [-0.15, -0.1) is 6.42 Å². The molecule has 1 amide bonds. The normalized spacial score (nSPS) is 23.7. The summed E-state index contributed by atoms with van der Waals surface area (Å²) in [6.07, 6.45) is 11.2. The van der Waals surface area contributed by atoms with Crippen LogP contribution in [0.2, 0.25) is 0 Å². The minimum atomic E-state index is -0.730. The predicted octanol–water partition coefficient (Wildman–Crippen LogP) is 2.53. The van der Waals surface area contributed by atoms with Gasteiger partial charge in [0.05, 0.1) is 13.2 Å². The monoisotopic (exact) mass is 320 g/mol. The first-order valence-electron chi connectivity index (χ1n) is 8.99. The number of carbonyl (C=O) groups is 1. The average Bonchev–Trinajstić information content (AvgIpc) is 2.83. The number of amides is 1. The van der Waals surface area contributed by atoms with E-state index in [4.69, 9.17) is 11.2 Å². The Morgan fingerprint density at radius 2 is 1.61 bits per heavy atom. The molecule has 4 nitrogen and oxygen atoms in total. The van der Waals surface area contributed by atoms with E-state index in [1.165, 1.54) is 12.8 Å². The number of terminal acetylenes is 1. The molecule has 0 aromatic rings. The summed E-state index contributed by atoms with van der Waals surface area (Å²) in [5.74, 6) is 2.98. The van der Waals surface area contributed by atoms with Gasteiger partial charge < -0.3 is 9.64 Å². The highest BCUT2D eigenvalue weighted by Crippen LogP contribution is 2.34. The number of ether oxygens (including phenoxy) is 1. The van der Waals surface area contributed by atoms with Gasteiger partial charge in [-0.05, 0) is 40.0 Å². The number of rotatable bonds is 4. The Morgan fingerprint density at radius 3 is 2.13 bits per heavy atom. The molecule has 0 N–H and O–H groups in total. The Kier molecular flexibility index (Phi) is 6.11. The molecule has 0 aliphatic carbocycles. The fraction of sp³-hybridized carbons (Fsp3) is 0.842. The molecule has 4 heteroatoms. The van der Waals surface area contributed by atoms with Crippen LogP contribution in [-0.4, -0.2) is 60.6 Å². The molecule has 0 aromatic carbocycles. The molecule has 1 atom stereocenters. The molecule has 0 aromatic heterocycles. The minimum Gasteiger partial charge on any atom is -0.379 e. The second-order valence-electron chi connectivity index (χ2n) is 7.77. The van der Waals surface area contributed by atoms with Crippen molar-refractivity contribution in [1.29, 1.82) is 0 Å². The third-order valence-corrected chi connectivity index (χ3v) is 5.34. The largest absolute Gasteiger partial charge is 0.379 e. The van der Waals surface area contributed by atoms with Crippen molar-refractivity contribution in [1.82, 2.24) is 9.80 Å². The van der Waals surface area contributed by atoms with Gasteiger partial charge in [-0.3, -0.25) is 9.69 Å². The summed E-state index contributed by atoms with van der Waals surface area (Å²) in [6, 6.07) is 0. The number of hydrogen-bond donors (Lipinski definition) is 0. The highest BCUT2D eigenvalue weighted by atomic mass is 16.5. The lowest BCUT2D eigenvalue weighted by Gasteiger charge is -2.44. The maximum Gasteiger partial charge on any atom is 0.240 e. The summed E-state index contributed by atoms with van der Waals surface area (Å²) < 4.78 is 5.45. The smallest absolute Gasteiger partial charge is 0.240 e. The van der Waals surface area contributed by atoms with Crippen molar-refractivity contribution in [2.45, 2.75) is 58.4 Å². The molecule has 0 bridgehead atoms. The Hall–Kier alpha value is -1.05. The lowest BCUT2D eigenvalue weighted by Crippen LogP contribution is -2.54. The van der Waals surface area contributed by atoms with Crippen LogP contribution in [0.1, 0.15) is 52.9 Å². The first-order valence-corrected chi connectivity index (χ1v) is 8.99. The molecule has 2 heterocycles. The Labute approximate surface area is 141 Å². The van der Waals surface area contributed by atoms with Gasteiger partial charge in [0.15, 0.2) is 0 Å². The predicted molar refractivity (Wildman–Crippen MR) is 93.1 cm³/mol. The van der Waals surface area contributed by atoms with Gasteiger partial charge in [-0.25, -0.2) is 0 Å². The molecule has 2 aliphatic rings. The molecule has 130 valence electrons. The molecule has 23 heavy (non-hydrogen) atoms. The van der Waals surface area contributed by atoms with Gasteiger partial charge in [-0.1, -0.05) is 18.8 Å². The van der Waals surface area contributed by atoms with Gasteiger partial charge >= 0.3 is 0 Å². The third kappa shape index (κ3) is 4.49. The van der Waals surface area contributed by atoms with Gasteiger partial charge in [0.2, 0.25) is 5.91 Å². The standard InChI is InChI=1S/C19H32N2O2/c1-5-19(4,17(22)20-10-8-6-7-9-11-20)16-18(2,3)21-12-14-23-15-13-21/h1H,6-16H2,2-4H3. The van der Waals surface area contributed by atoms with Gasteiger partial charge in [0.25, 0.3) is 0 Å².